The Kier molecular flexibility index (Phi) is 8.69. The fourth-order valence-electron chi connectivity index (χ4n) is 3.89. The second kappa shape index (κ2) is 11.9. The van der Waals surface area contributed by atoms with E-state index in [-0.39, 0.29) is 0 Å². The highest BCUT2D eigenvalue weighted by Crippen LogP contribution is 2.34. The molecule has 0 spiro atoms. The zero-order chi connectivity index (χ0) is 23.8. The molecule has 0 amide bonds. The molecular formula is C26H29F3N2O2S. The third kappa shape index (κ3) is 7.10. The van der Waals surface area contributed by atoms with Crippen molar-refractivity contribution in [2.75, 3.05) is 38.7 Å². The number of benzene rings is 2. The highest BCUT2D eigenvalue weighted by atomic mass is 32.2. The number of morpholine rings is 1. The molecular weight excluding hydrogens is 461 g/mol. The molecule has 8 heteroatoms. The van der Waals surface area contributed by atoms with E-state index in [0.29, 0.717) is 12.1 Å². The van der Waals surface area contributed by atoms with Crippen molar-refractivity contribution < 1.29 is 22.6 Å². The van der Waals surface area contributed by atoms with Crippen molar-refractivity contribution in [1.82, 2.24) is 9.88 Å². The van der Waals surface area contributed by atoms with Crippen LogP contribution in [0.25, 0.3) is 10.9 Å². The Hall–Kier alpha value is -2.29. The molecule has 0 radical (unpaired) electrons. The van der Waals surface area contributed by atoms with Crippen LogP contribution in [0.15, 0.2) is 59.6 Å². The van der Waals surface area contributed by atoms with Crippen molar-refractivity contribution in [3.8, 4) is 5.75 Å². The minimum Gasteiger partial charge on any atom is -0.494 e. The van der Waals surface area contributed by atoms with Crippen LogP contribution in [-0.4, -0.2) is 48.5 Å². The normalized spacial score (nSPS) is 15.0. The molecule has 1 saturated heterocycles. The third-order valence-corrected chi connectivity index (χ3v) is 6.94. The number of hydrogen-bond acceptors (Lipinski definition) is 5. The number of hydrogen-bond donors (Lipinski definition) is 0. The van der Waals surface area contributed by atoms with Gasteiger partial charge in [-0.2, -0.15) is 13.2 Å². The zero-order valence-corrected chi connectivity index (χ0v) is 19.8. The van der Waals surface area contributed by atoms with Crippen molar-refractivity contribution in [2.24, 2.45) is 0 Å². The number of unbranched alkanes of at least 4 members (excludes halogenated alkanes) is 2. The molecule has 2 heterocycles. The van der Waals surface area contributed by atoms with Gasteiger partial charge in [-0.15, -0.1) is 11.8 Å². The van der Waals surface area contributed by atoms with Gasteiger partial charge in [0, 0.05) is 36.1 Å². The standard InChI is InChI=1S/C26H29F3N2O2S/c27-26(28,29)21-6-9-23-24(18-21)30-11-10-25(23)34-17-3-1-2-14-33-22-7-4-20(5-8-22)19-31-12-15-32-16-13-31/h4-11,18H,1-3,12-17,19H2. The van der Waals surface area contributed by atoms with Crippen molar-refractivity contribution in [1.29, 1.82) is 0 Å². The Bertz CT molecular complexity index is 1050. The van der Waals surface area contributed by atoms with Gasteiger partial charge in [0.15, 0.2) is 0 Å². The Morgan fingerprint density at radius 3 is 2.53 bits per heavy atom. The molecule has 4 rings (SSSR count). The lowest BCUT2D eigenvalue weighted by molar-refractivity contribution is -0.137. The van der Waals surface area contributed by atoms with Crippen LogP contribution in [0, 0.1) is 0 Å². The fourth-order valence-corrected chi connectivity index (χ4v) is 4.94. The molecule has 1 aliphatic heterocycles. The minimum atomic E-state index is -4.36. The van der Waals surface area contributed by atoms with Gasteiger partial charge >= 0.3 is 6.18 Å². The van der Waals surface area contributed by atoms with Crippen LogP contribution in [0.4, 0.5) is 13.2 Å². The van der Waals surface area contributed by atoms with Gasteiger partial charge < -0.3 is 9.47 Å². The van der Waals surface area contributed by atoms with Crippen molar-refractivity contribution in [2.45, 2.75) is 36.9 Å². The maximum absolute atomic E-state index is 12.9. The Balaban J connectivity index is 1.15. The maximum Gasteiger partial charge on any atom is 0.416 e. The number of aromatic nitrogens is 1. The van der Waals surface area contributed by atoms with Crippen molar-refractivity contribution in [3.63, 3.8) is 0 Å². The van der Waals surface area contributed by atoms with Crippen LogP contribution in [0.2, 0.25) is 0 Å². The summed E-state index contributed by atoms with van der Waals surface area (Å²) in [4.78, 5) is 7.47. The smallest absolute Gasteiger partial charge is 0.416 e. The summed E-state index contributed by atoms with van der Waals surface area (Å²) in [7, 11) is 0. The lowest BCUT2D eigenvalue weighted by Gasteiger charge is -2.26. The van der Waals surface area contributed by atoms with Gasteiger partial charge in [0.1, 0.15) is 5.75 Å². The molecule has 0 atom stereocenters. The van der Waals surface area contributed by atoms with Crippen LogP contribution in [-0.2, 0) is 17.5 Å². The largest absolute Gasteiger partial charge is 0.494 e. The van der Waals surface area contributed by atoms with Crippen LogP contribution in [0.1, 0.15) is 30.4 Å². The molecule has 0 bridgehead atoms. The Labute approximate surface area is 202 Å². The topological polar surface area (TPSA) is 34.6 Å². The average molecular weight is 491 g/mol. The summed E-state index contributed by atoms with van der Waals surface area (Å²) in [5.74, 6) is 1.79. The van der Waals surface area contributed by atoms with E-state index in [4.69, 9.17) is 9.47 Å². The van der Waals surface area contributed by atoms with E-state index in [1.165, 1.54) is 11.6 Å². The number of nitrogens with zero attached hydrogens (tertiary/aromatic N) is 2. The predicted octanol–water partition coefficient (Wildman–Crippen LogP) is 6.43. The Morgan fingerprint density at radius 2 is 1.76 bits per heavy atom. The quantitative estimate of drug-likeness (QED) is 0.242. The minimum absolute atomic E-state index is 0.379. The third-order valence-electron chi connectivity index (χ3n) is 5.78. The number of pyridine rings is 1. The number of fused-ring (bicyclic) bond motifs is 1. The summed E-state index contributed by atoms with van der Waals surface area (Å²) in [6, 6.07) is 13.9. The van der Waals surface area contributed by atoms with Crippen molar-refractivity contribution in [3.05, 3.63) is 65.9 Å². The molecule has 0 unspecified atom stereocenters. The van der Waals surface area contributed by atoms with E-state index in [1.54, 1.807) is 18.0 Å². The number of halogens is 3. The van der Waals surface area contributed by atoms with Crippen molar-refractivity contribution >= 4 is 22.7 Å². The molecule has 0 N–H and O–H groups in total. The van der Waals surface area contributed by atoms with E-state index < -0.39 is 11.7 Å². The van der Waals surface area contributed by atoms with Gasteiger partial charge in [-0.05, 0) is 60.9 Å². The van der Waals surface area contributed by atoms with Gasteiger partial charge in [0.05, 0.1) is 30.9 Å². The van der Waals surface area contributed by atoms with E-state index in [2.05, 4.69) is 22.0 Å². The molecule has 34 heavy (non-hydrogen) atoms. The molecule has 182 valence electrons. The predicted molar refractivity (Wildman–Crippen MR) is 129 cm³/mol. The van der Waals surface area contributed by atoms with E-state index >= 15 is 0 Å². The molecule has 1 aromatic heterocycles. The number of ether oxygens (including phenoxy) is 2. The highest BCUT2D eigenvalue weighted by Gasteiger charge is 2.30. The SMILES string of the molecule is FC(F)(F)c1ccc2c(SCCCCCOc3ccc(CN4CCOCC4)cc3)ccnc2c1. The first-order valence-electron chi connectivity index (χ1n) is 11.6. The monoisotopic (exact) mass is 490 g/mol. The first kappa shape index (κ1) is 24.8. The molecule has 4 nitrogen and oxygen atoms in total. The number of rotatable bonds is 10. The second-order valence-corrected chi connectivity index (χ2v) is 9.47. The van der Waals surface area contributed by atoms with Gasteiger partial charge in [-0.3, -0.25) is 9.88 Å². The zero-order valence-electron chi connectivity index (χ0n) is 19.0. The van der Waals surface area contributed by atoms with Gasteiger partial charge in [0.2, 0.25) is 0 Å². The maximum atomic E-state index is 12.9. The lowest BCUT2D eigenvalue weighted by atomic mass is 10.1. The number of alkyl halides is 3. The summed E-state index contributed by atoms with van der Waals surface area (Å²) in [6.07, 6.45) is 0.222. The van der Waals surface area contributed by atoms with Gasteiger partial charge in [-0.25, -0.2) is 0 Å². The molecule has 2 aromatic carbocycles. The summed E-state index contributed by atoms with van der Waals surface area (Å²) in [5.41, 5.74) is 0.995. The summed E-state index contributed by atoms with van der Waals surface area (Å²) in [6.45, 7) is 5.19. The number of thioether (sulfide) groups is 1. The second-order valence-electron chi connectivity index (χ2n) is 8.33. The summed E-state index contributed by atoms with van der Waals surface area (Å²) < 4.78 is 50.1. The fraction of sp³-hybridized carbons (Fsp3) is 0.423. The van der Waals surface area contributed by atoms with E-state index in [9.17, 15) is 13.2 Å². The summed E-state index contributed by atoms with van der Waals surface area (Å²) >= 11 is 1.66. The molecule has 0 saturated carbocycles. The van der Waals surface area contributed by atoms with Crippen LogP contribution in [0.5, 0.6) is 5.75 Å². The molecule has 1 fully saturated rings. The van der Waals surface area contributed by atoms with Crippen LogP contribution in [0.3, 0.4) is 0 Å². The molecule has 3 aromatic rings. The highest BCUT2D eigenvalue weighted by molar-refractivity contribution is 7.99. The van der Waals surface area contributed by atoms with Gasteiger partial charge in [0.25, 0.3) is 0 Å². The summed E-state index contributed by atoms with van der Waals surface area (Å²) in [5, 5.41) is 0.765. The van der Waals surface area contributed by atoms with E-state index in [0.717, 1.165) is 86.0 Å². The first-order valence-corrected chi connectivity index (χ1v) is 12.6. The van der Waals surface area contributed by atoms with Crippen LogP contribution >= 0.6 is 11.8 Å². The lowest BCUT2D eigenvalue weighted by Crippen LogP contribution is -2.35. The Morgan fingerprint density at radius 1 is 0.971 bits per heavy atom. The first-order chi connectivity index (χ1) is 16.5. The molecule has 1 aliphatic rings. The van der Waals surface area contributed by atoms with Gasteiger partial charge in [-0.1, -0.05) is 18.2 Å². The molecule has 0 aliphatic carbocycles. The average Bonchev–Trinajstić information content (AvgIpc) is 2.84. The van der Waals surface area contributed by atoms with Crippen LogP contribution < -0.4 is 4.74 Å². The van der Waals surface area contributed by atoms with E-state index in [1.807, 2.05) is 18.2 Å².